The summed E-state index contributed by atoms with van der Waals surface area (Å²) in [7, 11) is 0. The van der Waals surface area contributed by atoms with Crippen LogP contribution in [0.5, 0.6) is 0 Å². The molecule has 4 heteroatoms. The molecule has 0 spiro atoms. The number of hydrogen-bond donors (Lipinski definition) is 1. The van der Waals surface area contributed by atoms with Crippen LogP contribution in [0.1, 0.15) is 6.42 Å². The molecule has 1 saturated heterocycles. The van der Waals surface area contributed by atoms with Crippen LogP contribution in [0.25, 0.3) is 10.9 Å². The Morgan fingerprint density at radius 3 is 3.00 bits per heavy atom. The van der Waals surface area contributed by atoms with Crippen molar-refractivity contribution in [1.29, 1.82) is 0 Å². The van der Waals surface area contributed by atoms with E-state index in [1.54, 1.807) is 6.20 Å². The van der Waals surface area contributed by atoms with Crippen LogP contribution in [0.15, 0.2) is 30.5 Å². The number of aromatic nitrogens is 2. The van der Waals surface area contributed by atoms with E-state index in [1.165, 1.54) is 0 Å². The topological polar surface area (TPSA) is 49.2 Å². The third-order valence-corrected chi connectivity index (χ3v) is 3.03. The average molecular weight is 215 g/mol. The normalized spacial score (nSPS) is 20.6. The van der Waals surface area contributed by atoms with E-state index in [2.05, 4.69) is 15.1 Å². The van der Waals surface area contributed by atoms with Gasteiger partial charge in [0.1, 0.15) is 0 Å². The van der Waals surface area contributed by atoms with Crippen LogP contribution in [0.3, 0.4) is 0 Å². The van der Waals surface area contributed by atoms with E-state index < -0.39 is 0 Å². The van der Waals surface area contributed by atoms with Gasteiger partial charge in [-0.05, 0) is 12.5 Å². The number of fused-ring (bicyclic) bond motifs is 1. The molecule has 1 aliphatic heterocycles. The Bertz CT molecular complexity index is 509. The molecule has 82 valence electrons. The average Bonchev–Trinajstić information content (AvgIpc) is 2.75. The van der Waals surface area contributed by atoms with Gasteiger partial charge in [-0.1, -0.05) is 18.2 Å². The molecule has 2 heterocycles. The minimum atomic E-state index is -0.216. The summed E-state index contributed by atoms with van der Waals surface area (Å²) in [5.41, 5.74) is 1.98. The van der Waals surface area contributed by atoms with Crippen LogP contribution in [0.2, 0.25) is 0 Å². The van der Waals surface area contributed by atoms with Gasteiger partial charge in [0.25, 0.3) is 0 Å². The monoisotopic (exact) mass is 215 g/mol. The minimum absolute atomic E-state index is 0.216. The van der Waals surface area contributed by atoms with Crippen LogP contribution in [0, 0.1) is 0 Å². The number of aliphatic hydroxyl groups excluding tert-OH is 1. The van der Waals surface area contributed by atoms with Gasteiger partial charge in [0.05, 0.1) is 23.5 Å². The maximum Gasteiger partial charge on any atom is 0.0950 e. The molecule has 4 nitrogen and oxygen atoms in total. The summed E-state index contributed by atoms with van der Waals surface area (Å²) in [6.45, 7) is 1.58. The lowest BCUT2D eigenvalue weighted by Crippen LogP contribution is -2.21. The van der Waals surface area contributed by atoms with Crippen LogP contribution < -0.4 is 4.90 Å². The van der Waals surface area contributed by atoms with Gasteiger partial charge in [0.15, 0.2) is 0 Å². The summed E-state index contributed by atoms with van der Waals surface area (Å²) in [5.74, 6) is 0. The van der Waals surface area contributed by atoms with Gasteiger partial charge < -0.3 is 10.0 Å². The number of nitrogens with zero attached hydrogens (tertiary/aromatic N) is 3. The second-order valence-electron chi connectivity index (χ2n) is 4.14. The Labute approximate surface area is 93.5 Å². The summed E-state index contributed by atoms with van der Waals surface area (Å²) in [6, 6.07) is 7.96. The zero-order valence-electron chi connectivity index (χ0n) is 8.87. The van der Waals surface area contributed by atoms with Crippen molar-refractivity contribution in [3.8, 4) is 0 Å². The quantitative estimate of drug-likeness (QED) is 0.776. The zero-order valence-corrected chi connectivity index (χ0v) is 8.87. The third-order valence-electron chi connectivity index (χ3n) is 3.03. The Kier molecular flexibility index (Phi) is 2.22. The molecular formula is C12H13N3O. The Morgan fingerprint density at radius 1 is 1.31 bits per heavy atom. The maximum atomic E-state index is 9.56. The molecular weight excluding hydrogens is 202 g/mol. The maximum absolute atomic E-state index is 9.56. The van der Waals surface area contributed by atoms with Gasteiger partial charge >= 0.3 is 0 Å². The van der Waals surface area contributed by atoms with Gasteiger partial charge in [-0.15, -0.1) is 0 Å². The fourth-order valence-corrected chi connectivity index (χ4v) is 2.21. The van der Waals surface area contributed by atoms with Crippen LogP contribution in [-0.4, -0.2) is 34.5 Å². The molecule has 1 aliphatic rings. The lowest BCUT2D eigenvalue weighted by atomic mass is 10.2. The minimum Gasteiger partial charge on any atom is -0.391 e. The largest absolute Gasteiger partial charge is 0.391 e. The predicted octanol–water partition coefficient (Wildman–Crippen LogP) is 1.20. The molecule has 0 bridgehead atoms. The second kappa shape index (κ2) is 3.72. The first-order chi connectivity index (χ1) is 7.84. The number of anilines is 1. The van der Waals surface area contributed by atoms with Crippen molar-refractivity contribution in [2.24, 2.45) is 0 Å². The second-order valence-corrected chi connectivity index (χ2v) is 4.14. The molecule has 0 unspecified atom stereocenters. The molecule has 3 rings (SSSR count). The molecule has 1 atom stereocenters. The third kappa shape index (κ3) is 1.51. The van der Waals surface area contributed by atoms with Gasteiger partial charge in [-0.3, -0.25) is 0 Å². The number of hydrogen-bond acceptors (Lipinski definition) is 4. The lowest BCUT2D eigenvalue weighted by molar-refractivity contribution is 0.198. The van der Waals surface area contributed by atoms with Crippen molar-refractivity contribution in [3.63, 3.8) is 0 Å². The number of benzene rings is 1. The van der Waals surface area contributed by atoms with Gasteiger partial charge in [-0.2, -0.15) is 10.2 Å². The summed E-state index contributed by atoms with van der Waals surface area (Å²) < 4.78 is 0. The first-order valence-electron chi connectivity index (χ1n) is 5.48. The van der Waals surface area contributed by atoms with E-state index in [1.807, 2.05) is 24.3 Å². The molecule has 0 saturated carbocycles. The van der Waals surface area contributed by atoms with E-state index in [0.717, 1.165) is 29.6 Å². The van der Waals surface area contributed by atoms with Crippen LogP contribution >= 0.6 is 0 Å². The molecule has 0 radical (unpaired) electrons. The highest BCUT2D eigenvalue weighted by Gasteiger charge is 2.22. The molecule has 1 aromatic heterocycles. The number of rotatable bonds is 1. The highest BCUT2D eigenvalue weighted by molar-refractivity contribution is 5.90. The molecule has 0 amide bonds. The Balaban J connectivity index is 2.09. The van der Waals surface area contributed by atoms with Crippen molar-refractivity contribution in [3.05, 3.63) is 30.5 Å². The smallest absolute Gasteiger partial charge is 0.0950 e. The molecule has 1 fully saturated rings. The van der Waals surface area contributed by atoms with Gasteiger partial charge in [-0.25, -0.2) is 0 Å². The summed E-state index contributed by atoms with van der Waals surface area (Å²) >= 11 is 0. The molecule has 1 N–H and O–H groups in total. The first-order valence-corrected chi connectivity index (χ1v) is 5.48. The Morgan fingerprint density at radius 2 is 2.19 bits per heavy atom. The molecule has 16 heavy (non-hydrogen) atoms. The Hall–Kier alpha value is -1.68. The van der Waals surface area contributed by atoms with Gasteiger partial charge in [0, 0.05) is 18.5 Å². The fourth-order valence-electron chi connectivity index (χ4n) is 2.21. The standard InChI is InChI=1S/C12H13N3O/c16-9-5-6-15(8-9)12-7-13-14-11-4-2-1-3-10(11)12/h1-4,7,9,16H,5-6,8H2/t9-/m1/s1. The molecule has 2 aromatic rings. The summed E-state index contributed by atoms with van der Waals surface area (Å²) in [6.07, 6.45) is 2.39. The lowest BCUT2D eigenvalue weighted by Gasteiger charge is -2.18. The highest BCUT2D eigenvalue weighted by atomic mass is 16.3. The van der Waals surface area contributed by atoms with Crippen LogP contribution in [0.4, 0.5) is 5.69 Å². The fraction of sp³-hybridized carbons (Fsp3) is 0.333. The molecule has 1 aromatic carbocycles. The van der Waals surface area contributed by atoms with Gasteiger partial charge in [0.2, 0.25) is 0 Å². The summed E-state index contributed by atoms with van der Waals surface area (Å²) in [5, 5.41) is 18.8. The number of β-amino-alcohol motifs (C(OH)–C–C–N with tert-alkyl or cyclic N) is 1. The van der Waals surface area contributed by atoms with Crippen LogP contribution in [-0.2, 0) is 0 Å². The van der Waals surface area contributed by atoms with E-state index >= 15 is 0 Å². The predicted molar refractivity (Wildman–Crippen MR) is 62.4 cm³/mol. The first kappa shape index (κ1) is 9.54. The van der Waals surface area contributed by atoms with Crippen molar-refractivity contribution in [2.45, 2.75) is 12.5 Å². The zero-order chi connectivity index (χ0) is 11.0. The highest BCUT2D eigenvalue weighted by Crippen LogP contribution is 2.26. The SMILES string of the molecule is O[C@@H]1CCN(c2cnnc3ccccc23)C1. The van der Waals surface area contributed by atoms with Crippen molar-refractivity contribution < 1.29 is 5.11 Å². The van der Waals surface area contributed by atoms with E-state index in [4.69, 9.17) is 0 Å². The van der Waals surface area contributed by atoms with E-state index in [-0.39, 0.29) is 6.10 Å². The molecule has 0 aliphatic carbocycles. The van der Waals surface area contributed by atoms with Crippen molar-refractivity contribution >= 4 is 16.6 Å². The van der Waals surface area contributed by atoms with Crippen molar-refractivity contribution in [1.82, 2.24) is 10.2 Å². The number of aliphatic hydroxyl groups is 1. The van der Waals surface area contributed by atoms with Crippen molar-refractivity contribution in [2.75, 3.05) is 18.0 Å². The summed E-state index contributed by atoms with van der Waals surface area (Å²) in [4.78, 5) is 2.17. The van der Waals surface area contributed by atoms with E-state index in [0.29, 0.717) is 6.54 Å². The van der Waals surface area contributed by atoms with E-state index in [9.17, 15) is 5.11 Å².